The lowest BCUT2D eigenvalue weighted by atomic mass is 10.2. The number of halogens is 1. The number of amides is 1. The van der Waals surface area contributed by atoms with Crippen molar-refractivity contribution in [2.24, 2.45) is 0 Å². The molecule has 0 saturated heterocycles. The van der Waals surface area contributed by atoms with Crippen molar-refractivity contribution >= 4 is 41.2 Å². The predicted octanol–water partition coefficient (Wildman–Crippen LogP) is 4.21. The van der Waals surface area contributed by atoms with Gasteiger partial charge >= 0.3 is 0 Å². The first kappa shape index (κ1) is 17.8. The Bertz CT molecular complexity index is 924. The molecule has 0 fully saturated rings. The molecule has 0 bridgehead atoms. The number of nitrogens with one attached hydrogen (secondary N) is 1. The maximum absolute atomic E-state index is 13.5. The van der Waals surface area contributed by atoms with E-state index in [-0.39, 0.29) is 24.0 Å². The van der Waals surface area contributed by atoms with Gasteiger partial charge in [0.1, 0.15) is 5.82 Å². The SMILES string of the molecule is O=C(CSc1nn(-c2ccccc2)c(=S)s1)NCc1ccccc1F. The molecule has 1 aromatic heterocycles. The van der Waals surface area contributed by atoms with Gasteiger partial charge in [-0.15, -0.1) is 5.10 Å². The molecule has 0 aliphatic rings. The van der Waals surface area contributed by atoms with Crippen LogP contribution in [0.4, 0.5) is 4.39 Å². The van der Waals surface area contributed by atoms with Gasteiger partial charge < -0.3 is 5.32 Å². The highest BCUT2D eigenvalue weighted by atomic mass is 32.2. The van der Waals surface area contributed by atoms with E-state index >= 15 is 0 Å². The molecule has 0 aliphatic heterocycles. The minimum atomic E-state index is -0.324. The first-order valence-electron chi connectivity index (χ1n) is 7.42. The van der Waals surface area contributed by atoms with E-state index in [1.165, 1.54) is 29.2 Å². The fourth-order valence-electron chi connectivity index (χ4n) is 2.07. The van der Waals surface area contributed by atoms with Gasteiger partial charge in [0.25, 0.3) is 0 Å². The zero-order chi connectivity index (χ0) is 17.6. The molecular formula is C17H14FN3OS3. The van der Waals surface area contributed by atoms with Gasteiger partial charge in [0, 0.05) is 12.1 Å². The van der Waals surface area contributed by atoms with Gasteiger partial charge in [0.05, 0.1) is 11.4 Å². The van der Waals surface area contributed by atoms with Crippen molar-refractivity contribution in [2.75, 3.05) is 5.75 Å². The normalized spacial score (nSPS) is 10.6. The summed E-state index contributed by atoms with van der Waals surface area (Å²) in [6.07, 6.45) is 0. The number of hydrogen-bond donors (Lipinski definition) is 1. The lowest BCUT2D eigenvalue weighted by Crippen LogP contribution is -2.25. The molecule has 0 radical (unpaired) electrons. The van der Waals surface area contributed by atoms with Crippen LogP contribution in [0.25, 0.3) is 5.69 Å². The highest BCUT2D eigenvalue weighted by Gasteiger charge is 2.10. The van der Waals surface area contributed by atoms with E-state index in [1.807, 2.05) is 30.3 Å². The highest BCUT2D eigenvalue weighted by molar-refractivity contribution is 8.01. The molecular weight excluding hydrogens is 377 g/mol. The molecule has 3 rings (SSSR count). The molecule has 1 heterocycles. The van der Waals surface area contributed by atoms with Gasteiger partial charge in [-0.25, -0.2) is 9.07 Å². The van der Waals surface area contributed by atoms with Crippen molar-refractivity contribution in [3.63, 3.8) is 0 Å². The smallest absolute Gasteiger partial charge is 0.230 e. The van der Waals surface area contributed by atoms with Crippen LogP contribution in [0, 0.1) is 9.77 Å². The fraction of sp³-hybridized carbons (Fsp3) is 0.118. The summed E-state index contributed by atoms with van der Waals surface area (Å²) in [4.78, 5) is 12.0. The molecule has 25 heavy (non-hydrogen) atoms. The second-order valence-corrected chi connectivity index (χ2v) is 7.88. The van der Waals surface area contributed by atoms with Crippen molar-refractivity contribution in [2.45, 2.75) is 10.9 Å². The Morgan fingerprint density at radius 1 is 1.20 bits per heavy atom. The molecule has 3 aromatic rings. The maximum atomic E-state index is 13.5. The Balaban J connectivity index is 1.56. The summed E-state index contributed by atoms with van der Waals surface area (Å²) in [5.74, 6) is -0.304. The van der Waals surface area contributed by atoms with Crippen LogP contribution in [-0.2, 0) is 11.3 Å². The first-order valence-corrected chi connectivity index (χ1v) is 9.63. The summed E-state index contributed by atoms with van der Waals surface area (Å²) in [5, 5.41) is 7.15. The van der Waals surface area contributed by atoms with Crippen molar-refractivity contribution in [3.05, 3.63) is 69.9 Å². The van der Waals surface area contributed by atoms with Gasteiger partial charge in [-0.2, -0.15) is 0 Å². The fourth-order valence-corrected chi connectivity index (χ4v) is 4.26. The lowest BCUT2D eigenvalue weighted by molar-refractivity contribution is -0.118. The van der Waals surface area contributed by atoms with Gasteiger partial charge in [-0.1, -0.05) is 59.5 Å². The standard InChI is InChI=1S/C17H14FN3OS3/c18-14-9-5-4-6-12(14)10-19-15(22)11-24-16-20-21(17(23)25-16)13-7-2-1-3-8-13/h1-9H,10-11H2,(H,19,22). The van der Waals surface area contributed by atoms with Crippen LogP contribution < -0.4 is 5.32 Å². The highest BCUT2D eigenvalue weighted by Crippen LogP contribution is 2.23. The van der Waals surface area contributed by atoms with Crippen molar-refractivity contribution in [3.8, 4) is 5.69 Å². The number of hydrogen-bond acceptors (Lipinski definition) is 5. The maximum Gasteiger partial charge on any atom is 0.230 e. The Morgan fingerprint density at radius 3 is 2.68 bits per heavy atom. The zero-order valence-electron chi connectivity index (χ0n) is 13.0. The van der Waals surface area contributed by atoms with E-state index in [0.717, 1.165) is 10.0 Å². The summed E-state index contributed by atoms with van der Waals surface area (Å²) < 4.78 is 16.5. The minimum Gasteiger partial charge on any atom is -0.351 e. The molecule has 2 aromatic carbocycles. The van der Waals surface area contributed by atoms with Crippen molar-refractivity contribution in [1.82, 2.24) is 15.1 Å². The molecule has 0 aliphatic carbocycles. The third-order valence-electron chi connectivity index (χ3n) is 3.29. The number of para-hydroxylation sites is 1. The molecule has 4 nitrogen and oxygen atoms in total. The van der Waals surface area contributed by atoms with E-state index < -0.39 is 0 Å². The van der Waals surface area contributed by atoms with Gasteiger partial charge in [-0.3, -0.25) is 4.79 Å². The third kappa shape index (κ3) is 4.75. The van der Waals surface area contributed by atoms with Crippen LogP contribution in [0.1, 0.15) is 5.56 Å². The lowest BCUT2D eigenvalue weighted by Gasteiger charge is -2.05. The average Bonchev–Trinajstić information content (AvgIpc) is 3.01. The molecule has 128 valence electrons. The molecule has 8 heteroatoms. The van der Waals surface area contributed by atoms with Gasteiger partial charge in [-0.05, 0) is 30.4 Å². The largest absolute Gasteiger partial charge is 0.351 e. The topological polar surface area (TPSA) is 46.9 Å². The average molecular weight is 392 g/mol. The first-order chi connectivity index (χ1) is 12.1. The van der Waals surface area contributed by atoms with Crippen molar-refractivity contribution < 1.29 is 9.18 Å². The van der Waals surface area contributed by atoms with Gasteiger partial charge in [0.15, 0.2) is 8.29 Å². The Morgan fingerprint density at radius 2 is 1.92 bits per heavy atom. The number of rotatable bonds is 6. The summed E-state index contributed by atoms with van der Waals surface area (Å²) in [6.45, 7) is 0.167. The summed E-state index contributed by atoms with van der Waals surface area (Å²) in [5.41, 5.74) is 1.35. The van der Waals surface area contributed by atoms with E-state index in [1.54, 1.807) is 22.9 Å². The second kappa shape index (κ2) is 8.37. The summed E-state index contributed by atoms with van der Waals surface area (Å²) >= 11 is 8.00. The monoisotopic (exact) mass is 391 g/mol. The van der Waals surface area contributed by atoms with E-state index in [9.17, 15) is 9.18 Å². The summed E-state index contributed by atoms with van der Waals surface area (Å²) in [6, 6.07) is 16.0. The summed E-state index contributed by atoms with van der Waals surface area (Å²) in [7, 11) is 0. The molecule has 0 unspecified atom stereocenters. The predicted molar refractivity (Wildman–Crippen MR) is 101 cm³/mol. The minimum absolute atomic E-state index is 0.167. The number of thioether (sulfide) groups is 1. The van der Waals surface area contributed by atoms with Crippen LogP contribution in [-0.4, -0.2) is 21.4 Å². The zero-order valence-corrected chi connectivity index (χ0v) is 15.5. The van der Waals surface area contributed by atoms with Crippen LogP contribution >= 0.6 is 35.3 Å². The number of carbonyl (C=O) groups excluding carboxylic acids is 1. The molecule has 1 N–H and O–H groups in total. The quantitative estimate of drug-likeness (QED) is 0.505. The molecule has 0 atom stereocenters. The second-order valence-electron chi connectivity index (χ2n) is 5.04. The number of nitrogens with zero attached hydrogens (tertiary/aromatic N) is 2. The van der Waals surface area contributed by atoms with Crippen LogP contribution in [0.3, 0.4) is 0 Å². The van der Waals surface area contributed by atoms with Crippen molar-refractivity contribution in [1.29, 1.82) is 0 Å². The van der Waals surface area contributed by atoms with Gasteiger partial charge in [0.2, 0.25) is 5.91 Å². The van der Waals surface area contributed by atoms with Crippen LogP contribution in [0.15, 0.2) is 58.9 Å². The number of carbonyl (C=O) groups is 1. The molecule has 1 amide bonds. The number of benzene rings is 2. The van der Waals surface area contributed by atoms with E-state index in [0.29, 0.717) is 9.52 Å². The third-order valence-corrected chi connectivity index (χ3v) is 5.66. The molecule has 0 spiro atoms. The van der Waals surface area contributed by atoms with Crippen LogP contribution in [0.2, 0.25) is 0 Å². The Labute approximate surface area is 157 Å². The van der Waals surface area contributed by atoms with Crippen LogP contribution in [0.5, 0.6) is 0 Å². The van der Waals surface area contributed by atoms with E-state index in [2.05, 4.69) is 10.4 Å². The van der Waals surface area contributed by atoms with E-state index in [4.69, 9.17) is 12.2 Å². The Hall–Kier alpha value is -2.03. The Kier molecular flexibility index (Phi) is 5.95. The number of aromatic nitrogens is 2. The molecule has 0 saturated carbocycles.